The van der Waals surface area contributed by atoms with E-state index in [1.807, 2.05) is 0 Å². The molecule has 1 amide bonds. The summed E-state index contributed by atoms with van der Waals surface area (Å²) in [5.41, 5.74) is 0.313. The van der Waals surface area contributed by atoms with Gasteiger partial charge in [-0.3, -0.25) is 4.79 Å². The van der Waals surface area contributed by atoms with Crippen LogP contribution in [0.15, 0.2) is 23.1 Å². The summed E-state index contributed by atoms with van der Waals surface area (Å²) in [5, 5.41) is 2.57. The number of nitrogens with one attached hydrogen (secondary N) is 1. The van der Waals surface area contributed by atoms with Gasteiger partial charge in [0.1, 0.15) is 10.6 Å². The summed E-state index contributed by atoms with van der Waals surface area (Å²) in [6.45, 7) is 1.96. The Bertz CT molecular complexity index is 970. The van der Waals surface area contributed by atoms with E-state index in [1.54, 1.807) is 6.07 Å². The van der Waals surface area contributed by atoms with E-state index < -0.39 is 25.9 Å². The fourth-order valence-corrected chi connectivity index (χ4v) is 7.41. The number of benzene rings is 1. The van der Waals surface area contributed by atoms with E-state index in [2.05, 4.69) is 5.32 Å². The van der Waals surface area contributed by atoms with E-state index in [9.17, 15) is 21.6 Å². The smallest absolute Gasteiger partial charge is 0.247 e. The normalized spacial score (nSPS) is 24.0. The fraction of sp³-hybridized carbons (Fsp3) is 0.611. The number of methoxy groups -OCH3 is 1. The number of carbonyl (C=O) groups is 1. The Balaban J connectivity index is 2.02. The Hall–Kier alpha value is -1.69. The van der Waals surface area contributed by atoms with E-state index in [1.165, 1.54) is 30.5 Å². The minimum Gasteiger partial charge on any atom is -0.495 e. The number of carbonyl (C=O) groups excluding carboxylic acids is 1. The summed E-state index contributed by atoms with van der Waals surface area (Å²) in [4.78, 5) is 11.3. The highest BCUT2D eigenvalue weighted by molar-refractivity contribution is 7.92. The van der Waals surface area contributed by atoms with Crippen molar-refractivity contribution in [1.82, 2.24) is 4.31 Å². The predicted molar refractivity (Wildman–Crippen MR) is 107 cm³/mol. The maximum Gasteiger partial charge on any atom is 0.247 e. The molecule has 1 N–H and O–H groups in total. The second kappa shape index (κ2) is 8.58. The van der Waals surface area contributed by atoms with Crippen molar-refractivity contribution in [3.8, 4) is 5.75 Å². The van der Waals surface area contributed by atoms with Crippen molar-refractivity contribution in [2.45, 2.75) is 43.2 Å². The Kier molecular flexibility index (Phi) is 6.51. The van der Waals surface area contributed by atoms with Gasteiger partial charge in [-0.25, -0.2) is 16.8 Å². The van der Waals surface area contributed by atoms with Gasteiger partial charge in [-0.05, 0) is 37.5 Å². The topological polar surface area (TPSA) is 119 Å². The SMILES string of the molecule is COc1ccc(NC(C)=O)cc1S(=O)(=O)N(C[C@H]1CCCO1)[C@@H]1CCS(=O)(=O)C1. The second-order valence-electron chi connectivity index (χ2n) is 7.31. The molecule has 2 fully saturated rings. The third kappa shape index (κ3) is 5.08. The summed E-state index contributed by atoms with van der Waals surface area (Å²) in [6, 6.07) is 3.68. The van der Waals surface area contributed by atoms with Gasteiger partial charge in [-0.2, -0.15) is 4.31 Å². The molecule has 1 aromatic rings. The standard InChI is InChI=1S/C18H26N2O7S2/c1-13(21)19-14-5-6-17(26-2)18(10-14)29(24,25)20(11-16-4-3-8-27-16)15-7-9-28(22,23)12-15/h5-6,10,15-16H,3-4,7-9,11-12H2,1-2H3,(H,19,21)/t15-,16-/m1/s1. The molecule has 1 aromatic carbocycles. The molecule has 29 heavy (non-hydrogen) atoms. The van der Waals surface area contributed by atoms with Gasteiger partial charge in [-0.1, -0.05) is 0 Å². The molecule has 11 heteroatoms. The lowest BCUT2D eigenvalue weighted by Gasteiger charge is -2.30. The largest absolute Gasteiger partial charge is 0.495 e. The second-order valence-corrected chi connectivity index (χ2v) is 11.4. The number of sulfonamides is 1. The van der Waals surface area contributed by atoms with Gasteiger partial charge in [0.15, 0.2) is 9.84 Å². The van der Waals surface area contributed by atoms with Crippen LogP contribution < -0.4 is 10.1 Å². The molecule has 3 rings (SSSR count). The Morgan fingerprint density at radius 3 is 2.66 bits per heavy atom. The summed E-state index contributed by atoms with van der Waals surface area (Å²) in [5.74, 6) is -0.473. The van der Waals surface area contributed by atoms with Crippen molar-refractivity contribution in [1.29, 1.82) is 0 Å². The van der Waals surface area contributed by atoms with Crippen LogP contribution in [0.2, 0.25) is 0 Å². The molecule has 0 aliphatic carbocycles. The first-order valence-electron chi connectivity index (χ1n) is 9.42. The molecule has 2 saturated heterocycles. The molecule has 2 aliphatic rings. The van der Waals surface area contributed by atoms with Crippen LogP contribution in [0.3, 0.4) is 0 Å². The molecule has 162 valence electrons. The number of rotatable bonds is 7. The van der Waals surface area contributed by atoms with E-state index in [4.69, 9.17) is 9.47 Å². The van der Waals surface area contributed by atoms with E-state index in [0.29, 0.717) is 18.7 Å². The summed E-state index contributed by atoms with van der Waals surface area (Å²) < 4.78 is 63.4. The quantitative estimate of drug-likeness (QED) is 0.664. The van der Waals surface area contributed by atoms with Gasteiger partial charge in [0.05, 0.1) is 24.7 Å². The van der Waals surface area contributed by atoms with Crippen LogP contribution in [0.4, 0.5) is 5.69 Å². The molecule has 0 spiro atoms. The Morgan fingerprint density at radius 1 is 1.34 bits per heavy atom. The highest BCUT2D eigenvalue weighted by Gasteiger charge is 2.41. The molecule has 0 unspecified atom stereocenters. The number of nitrogens with zero attached hydrogens (tertiary/aromatic N) is 1. The fourth-order valence-electron chi connectivity index (χ4n) is 3.72. The zero-order valence-corrected chi connectivity index (χ0v) is 18.1. The highest BCUT2D eigenvalue weighted by atomic mass is 32.2. The van der Waals surface area contributed by atoms with Gasteiger partial charge in [0, 0.05) is 31.8 Å². The average Bonchev–Trinajstić information content (AvgIpc) is 3.28. The highest BCUT2D eigenvalue weighted by Crippen LogP contribution is 2.33. The predicted octanol–water partition coefficient (Wildman–Crippen LogP) is 1.01. The number of anilines is 1. The number of sulfone groups is 1. The van der Waals surface area contributed by atoms with Crippen LogP contribution in [0, 0.1) is 0 Å². The van der Waals surface area contributed by atoms with Gasteiger partial charge in [-0.15, -0.1) is 0 Å². The van der Waals surface area contributed by atoms with E-state index in [-0.39, 0.29) is 47.1 Å². The zero-order valence-electron chi connectivity index (χ0n) is 16.5. The van der Waals surface area contributed by atoms with Gasteiger partial charge >= 0.3 is 0 Å². The average molecular weight is 447 g/mol. The van der Waals surface area contributed by atoms with Crippen LogP contribution in [-0.4, -0.2) is 71.0 Å². The molecule has 2 atom stereocenters. The van der Waals surface area contributed by atoms with Crippen molar-refractivity contribution < 1.29 is 31.1 Å². The molecule has 0 bridgehead atoms. The minimum atomic E-state index is -4.11. The first-order valence-corrected chi connectivity index (χ1v) is 12.7. The molecular weight excluding hydrogens is 420 g/mol. The molecule has 2 aliphatic heterocycles. The van der Waals surface area contributed by atoms with Crippen molar-refractivity contribution in [3.05, 3.63) is 18.2 Å². The lowest BCUT2D eigenvalue weighted by Crippen LogP contribution is -2.45. The van der Waals surface area contributed by atoms with E-state index in [0.717, 1.165) is 6.42 Å². The molecule has 0 radical (unpaired) electrons. The van der Waals surface area contributed by atoms with Crippen LogP contribution in [-0.2, 0) is 29.4 Å². The minimum absolute atomic E-state index is 0.0434. The van der Waals surface area contributed by atoms with Crippen molar-refractivity contribution in [3.63, 3.8) is 0 Å². The summed E-state index contributed by atoms with van der Waals surface area (Å²) in [6.07, 6.45) is 1.51. The van der Waals surface area contributed by atoms with Gasteiger partial charge in [0.2, 0.25) is 15.9 Å². The zero-order chi connectivity index (χ0) is 21.2. The summed E-state index contributed by atoms with van der Waals surface area (Å²) in [7, 11) is -6.04. The maximum absolute atomic E-state index is 13.6. The van der Waals surface area contributed by atoms with E-state index >= 15 is 0 Å². The molecular formula is C18H26N2O7S2. The molecule has 9 nitrogen and oxygen atoms in total. The molecule has 0 aromatic heterocycles. The van der Waals surface area contributed by atoms with Crippen molar-refractivity contribution in [2.75, 3.05) is 37.1 Å². The van der Waals surface area contributed by atoms with Gasteiger partial charge < -0.3 is 14.8 Å². The van der Waals surface area contributed by atoms with Gasteiger partial charge in [0.25, 0.3) is 0 Å². The number of ether oxygens (including phenoxy) is 2. The lowest BCUT2D eigenvalue weighted by molar-refractivity contribution is -0.114. The molecule has 0 saturated carbocycles. The first kappa shape index (κ1) is 22.0. The monoisotopic (exact) mass is 446 g/mol. The molecule has 2 heterocycles. The third-order valence-electron chi connectivity index (χ3n) is 5.09. The van der Waals surface area contributed by atoms with Crippen LogP contribution >= 0.6 is 0 Å². The number of amides is 1. The lowest BCUT2D eigenvalue weighted by atomic mass is 10.2. The third-order valence-corrected chi connectivity index (χ3v) is 8.78. The van der Waals surface area contributed by atoms with Crippen LogP contribution in [0.25, 0.3) is 0 Å². The summed E-state index contributed by atoms with van der Waals surface area (Å²) >= 11 is 0. The van der Waals surface area contributed by atoms with Crippen molar-refractivity contribution in [2.24, 2.45) is 0 Å². The number of hydrogen-bond acceptors (Lipinski definition) is 7. The first-order chi connectivity index (χ1) is 13.6. The van der Waals surface area contributed by atoms with Crippen LogP contribution in [0.5, 0.6) is 5.75 Å². The van der Waals surface area contributed by atoms with Crippen LogP contribution in [0.1, 0.15) is 26.2 Å². The van der Waals surface area contributed by atoms with Crippen molar-refractivity contribution >= 4 is 31.5 Å². The number of hydrogen-bond donors (Lipinski definition) is 1. The maximum atomic E-state index is 13.6. The Morgan fingerprint density at radius 2 is 2.10 bits per heavy atom. The Labute approximate surface area is 171 Å².